The van der Waals surface area contributed by atoms with Gasteiger partial charge in [-0.15, -0.1) is 0 Å². The summed E-state index contributed by atoms with van der Waals surface area (Å²) in [6.45, 7) is 2.76. The van der Waals surface area contributed by atoms with Gasteiger partial charge >= 0.3 is 6.09 Å². The van der Waals surface area contributed by atoms with Gasteiger partial charge < -0.3 is 21.1 Å². The molecule has 0 aliphatic rings. The summed E-state index contributed by atoms with van der Waals surface area (Å²) in [5.41, 5.74) is 4.77. The normalized spacial score (nSPS) is 9.76. The molecule has 0 atom stereocenters. The van der Waals surface area contributed by atoms with Crippen molar-refractivity contribution >= 4 is 17.9 Å². The van der Waals surface area contributed by atoms with E-state index in [1.165, 1.54) is 0 Å². The first-order valence-electron chi connectivity index (χ1n) is 5.06. The molecule has 0 radical (unpaired) electrons. The molecule has 1 aromatic heterocycles. The molecule has 1 heterocycles. The van der Waals surface area contributed by atoms with Crippen LogP contribution in [0, 0.1) is 5.82 Å². The number of primary amides is 1. The Balaban J connectivity index is 2.51. The van der Waals surface area contributed by atoms with E-state index in [9.17, 15) is 9.18 Å². The van der Waals surface area contributed by atoms with Crippen molar-refractivity contribution in [3.8, 4) is 0 Å². The van der Waals surface area contributed by atoms with Crippen LogP contribution in [0.25, 0.3) is 0 Å². The predicted octanol–water partition coefficient (Wildman–Crippen LogP) is 0.555. The number of rotatable bonds is 6. The summed E-state index contributed by atoms with van der Waals surface area (Å²) < 4.78 is 17.7. The minimum atomic E-state index is -0.872. The highest BCUT2D eigenvalue weighted by atomic mass is 19.1. The van der Waals surface area contributed by atoms with Crippen LogP contribution < -0.4 is 16.4 Å². The van der Waals surface area contributed by atoms with Gasteiger partial charge in [0, 0.05) is 6.54 Å². The monoisotopic (exact) mass is 243 g/mol. The predicted molar refractivity (Wildman–Crippen MR) is 60.2 cm³/mol. The van der Waals surface area contributed by atoms with Crippen molar-refractivity contribution in [2.75, 3.05) is 30.3 Å². The van der Waals surface area contributed by atoms with Crippen molar-refractivity contribution in [2.24, 2.45) is 5.73 Å². The molecule has 8 heteroatoms. The van der Waals surface area contributed by atoms with Crippen molar-refractivity contribution in [3.05, 3.63) is 12.0 Å². The molecule has 7 nitrogen and oxygen atoms in total. The second-order valence-electron chi connectivity index (χ2n) is 3.01. The van der Waals surface area contributed by atoms with Gasteiger partial charge in [-0.05, 0) is 6.92 Å². The molecule has 0 aromatic carbocycles. The molecule has 4 N–H and O–H groups in total. The molecule has 0 aliphatic carbocycles. The molecule has 1 aromatic rings. The fourth-order valence-electron chi connectivity index (χ4n) is 1.06. The lowest BCUT2D eigenvalue weighted by Crippen LogP contribution is -2.19. The molecule has 0 saturated carbocycles. The molecular weight excluding hydrogens is 229 g/mol. The Hall–Kier alpha value is -2.12. The van der Waals surface area contributed by atoms with Gasteiger partial charge in [-0.1, -0.05) is 0 Å². The third-order valence-electron chi connectivity index (χ3n) is 1.72. The highest BCUT2D eigenvalue weighted by Gasteiger charge is 2.05. The molecule has 94 valence electrons. The molecular formula is C9H14FN5O2. The van der Waals surface area contributed by atoms with E-state index in [4.69, 9.17) is 5.73 Å². The van der Waals surface area contributed by atoms with Gasteiger partial charge in [0.15, 0.2) is 11.6 Å². The quantitative estimate of drug-likeness (QED) is 0.631. The van der Waals surface area contributed by atoms with Crippen LogP contribution in [0.1, 0.15) is 6.92 Å². The Morgan fingerprint density at radius 2 is 2.35 bits per heavy atom. The Morgan fingerprint density at radius 3 is 3.00 bits per heavy atom. The summed E-state index contributed by atoms with van der Waals surface area (Å²) in [7, 11) is 0. The highest BCUT2D eigenvalue weighted by Crippen LogP contribution is 2.11. The summed E-state index contributed by atoms with van der Waals surface area (Å²) in [4.78, 5) is 17.9. The fourth-order valence-corrected chi connectivity index (χ4v) is 1.06. The first-order chi connectivity index (χ1) is 8.13. The average molecular weight is 243 g/mol. The Kier molecular flexibility index (Phi) is 4.92. The highest BCUT2D eigenvalue weighted by molar-refractivity contribution is 5.64. The van der Waals surface area contributed by atoms with Gasteiger partial charge in [-0.3, -0.25) is 0 Å². The number of hydrogen-bond acceptors (Lipinski definition) is 6. The first-order valence-corrected chi connectivity index (χ1v) is 5.06. The lowest BCUT2D eigenvalue weighted by Gasteiger charge is -2.08. The van der Waals surface area contributed by atoms with Crippen LogP contribution in [-0.2, 0) is 4.74 Å². The summed E-state index contributed by atoms with van der Waals surface area (Å²) in [5.74, 6) is -0.207. The molecule has 1 rings (SSSR count). The number of halogens is 1. The number of nitrogens with two attached hydrogens (primary N) is 1. The fraction of sp³-hybridized carbons (Fsp3) is 0.444. The lowest BCUT2D eigenvalue weighted by atomic mass is 10.5. The zero-order chi connectivity index (χ0) is 12.7. The Morgan fingerprint density at radius 1 is 1.59 bits per heavy atom. The van der Waals surface area contributed by atoms with Crippen LogP contribution in [0.15, 0.2) is 6.20 Å². The summed E-state index contributed by atoms with van der Waals surface area (Å²) in [6, 6.07) is 0. The average Bonchev–Trinajstić information content (AvgIpc) is 2.28. The molecule has 0 unspecified atom stereocenters. The second kappa shape index (κ2) is 6.46. The van der Waals surface area contributed by atoms with Gasteiger partial charge in [0.2, 0.25) is 5.95 Å². The van der Waals surface area contributed by atoms with E-state index in [0.29, 0.717) is 12.5 Å². The molecule has 0 fully saturated rings. The standard InChI is InChI=1S/C9H14FN5O2/c1-2-12-9-14-5-6(10)7(15-9)13-3-4-17-8(11)16/h5H,2-4H2,1H3,(H2,11,16)(H2,12,13,14,15). The van der Waals surface area contributed by atoms with Gasteiger partial charge in [-0.25, -0.2) is 14.2 Å². The Labute approximate surface area is 97.6 Å². The van der Waals surface area contributed by atoms with Gasteiger partial charge in [0.1, 0.15) is 6.61 Å². The summed E-state index contributed by atoms with van der Waals surface area (Å²) in [5, 5.41) is 5.52. The van der Waals surface area contributed by atoms with E-state index in [-0.39, 0.29) is 19.0 Å². The zero-order valence-corrected chi connectivity index (χ0v) is 9.36. The molecule has 0 saturated heterocycles. The number of nitrogens with one attached hydrogen (secondary N) is 2. The minimum absolute atomic E-state index is 0.0370. The third kappa shape index (κ3) is 4.49. The largest absolute Gasteiger partial charge is 0.448 e. The lowest BCUT2D eigenvalue weighted by molar-refractivity contribution is 0.161. The van der Waals surface area contributed by atoms with Gasteiger partial charge in [0.05, 0.1) is 12.7 Å². The van der Waals surface area contributed by atoms with E-state index in [1.807, 2.05) is 6.92 Å². The molecule has 0 spiro atoms. The maximum atomic E-state index is 13.2. The van der Waals surface area contributed by atoms with Crippen LogP contribution in [-0.4, -0.2) is 35.8 Å². The maximum absolute atomic E-state index is 13.2. The number of ether oxygens (including phenoxy) is 1. The topological polar surface area (TPSA) is 102 Å². The molecule has 17 heavy (non-hydrogen) atoms. The Bertz CT molecular complexity index is 388. The minimum Gasteiger partial charge on any atom is -0.448 e. The van der Waals surface area contributed by atoms with E-state index in [1.54, 1.807) is 0 Å². The molecule has 0 bridgehead atoms. The van der Waals surface area contributed by atoms with Crippen molar-refractivity contribution in [1.29, 1.82) is 0 Å². The second-order valence-corrected chi connectivity index (χ2v) is 3.01. The number of aromatic nitrogens is 2. The number of amides is 1. The number of carbonyl (C=O) groups excluding carboxylic acids is 1. The van der Waals surface area contributed by atoms with Crippen molar-refractivity contribution in [2.45, 2.75) is 6.92 Å². The third-order valence-corrected chi connectivity index (χ3v) is 1.72. The van der Waals surface area contributed by atoms with Crippen molar-refractivity contribution in [3.63, 3.8) is 0 Å². The van der Waals surface area contributed by atoms with Gasteiger partial charge in [0.25, 0.3) is 0 Å². The van der Waals surface area contributed by atoms with E-state index in [2.05, 4.69) is 25.3 Å². The van der Waals surface area contributed by atoms with Crippen LogP contribution >= 0.6 is 0 Å². The van der Waals surface area contributed by atoms with Gasteiger partial charge in [-0.2, -0.15) is 4.98 Å². The molecule has 0 aliphatic heterocycles. The van der Waals surface area contributed by atoms with Crippen molar-refractivity contribution in [1.82, 2.24) is 9.97 Å². The van der Waals surface area contributed by atoms with Crippen LogP contribution in [0.3, 0.4) is 0 Å². The number of carbonyl (C=O) groups is 1. The zero-order valence-electron chi connectivity index (χ0n) is 9.36. The van der Waals surface area contributed by atoms with E-state index in [0.717, 1.165) is 6.20 Å². The summed E-state index contributed by atoms with van der Waals surface area (Å²) >= 11 is 0. The van der Waals surface area contributed by atoms with Crippen LogP contribution in [0.4, 0.5) is 21.0 Å². The van der Waals surface area contributed by atoms with Crippen LogP contribution in [0.2, 0.25) is 0 Å². The van der Waals surface area contributed by atoms with Crippen molar-refractivity contribution < 1.29 is 13.9 Å². The van der Waals surface area contributed by atoms with E-state index >= 15 is 0 Å². The first kappa shape index (κ1) is 12.9. The smallest absolute Gasteiger partial charge is 0.404 e. The number of anilines is 2. The SMILES string of the molecule is CCNc1ncc(F)c(NCCOC(N)=O)n1. The molecule has 1 amide bonds. The van der Waals surface area contributed by atoms with E-state index < -0.39 is 11.9 Å². The summed E-state index contributed by atoms with van der Waals surface area (Å²) in [6.07, 6.45) is 0.186. The number of nitrogens with zero attached hydrogens (tertiary/aromatic N) is 2. The number of hydrogen-bond donors (Lipinski definition) is 3. The maximum Gasteiger partial charge on any atom is 0.404 e. The van der Waals surface area contributed by atoms with Crippen LogP contribution in [0.5, 0.6) is 0 Å².